The lowest BCUT2D eigenvalue weighted by Crippen LogP contribution is -2.20. The smallest absolute Gasteiger partial charge is 0.275 e. The molecule has 5 rings (SSSR count). The van der Waals surface area contributed by atoms with Gasteiger partial charge in [0.1, 0.15) is 17.2 Å². The third-order valence-electron chi connectivity index (χ3n) is 5.09. The van der Waals surface area contributed by atoms with Crippen LogP contribution in [0.15, 0.2) is 59.8 Å². The number of hydrogen-bond donors (Lipinski definition) is 1. The molecule has 0 aliphatic heterocycles. The maximum absolute atomic E-state index is 14.0. The van der Waals surface area contributed by atoms with E-state index in [0.717, 1.165) is 17.8 Å². The molecule has 0 atom stereocenters. The molecule has 31 heavy (non-hydrogen) atoms. The second-order valence-electron chi connectivity index (χ2n) is 7.18. The predicted molar refractivity (Wildman–Crippen MR) is 109 cm³/mol. The molecule has 154 valence electrons. The molecule has 0 bridgehead atoms. The highest BCUT2D eigenvalue weighted by molar-refractivity contribution is 6.16. The first kappa shape index (κ1) is 18.9. The zero-order valence-electron chi connectivity index (χ0n) is 16.3. The van der Waals surface area contributed by atoms with Gasteiger partial charge in [-0.2, -0.15) is 5.10 Å². The molecule has 0 aliphatic carbocycles. The monoisotopic (exact) mass is 419 g/mol. The molecule has 0 saturated heterocycles. The van der Waals surface area contributed by atoms with Crippen LogP contribution in [0.1, 0.15) is 27.3 Å². The minimum Gasteiger partial charge on any atom is -0.356 e. The van der Waals surface area contributed by atoms with Crippen LogP contribution in [-0.2, 0) is 6.54 Å². The van der Waals surface area contributed by atoms with Gasteiger partial charge in [-0.05, 0) is 37.3 Å². The van der Waals surface area contributed by atoms with Crippen LogP contribution in [-0.4, -0.2) is 29.9 Å². The second-order valence-corrected chi connectivity index (χ2v) is 7.18. The highest BCUT2D eigenvalue weighted by Gasteiger charge is 2.22. The fourth-order valence-electron chi connectivity index (χ4n) is 3.60. The number of H-pyrrole nitrogens is 1. The van der Waals surface area contributed by atoms with E-state index in [0.29, 0.717) is 16.7 Å². The number of aromatic amines is 1. The van der Waals surface area contributed by atoms with Crippen molar-refractivity contribution in [2.45, 2.75) is 13.5 Å². The van der Waals surface area contributed by atoms with Gasteiger partial charge in [0.25, 0.3) is 5.56 Å². The maximum Gasteiger partial charge on any atom is 0.275 e. The van der Waals surface area contributed by atoms with Crippen LogP contribution in [0.2, 0.25) is 0 Å². The number of aromatic nitrogens is 5. The summed E-state index contributed by atoms with van der Waals surface area (Å²) in [5, 5.41) is 4.63. The van der Waals surface area contributed by atoms with Crippen LogP contribution >= 0.6 is 0 Å². The first-order valence-corrected chi connectivity index (χ1v) is 9.43. The number of aryl methyl sites for hydroxylation is 1. The van der Waals surface area contributed by atoms with Crippen molar-refractivity contribution in [3.05, 3.63) is 99.5 Å². The fourth-order valence-corrected chi connectivity index (χ4v) is 3.60. The third-order valence-corrected chi connectivity index (χ3v) is 5.09. The Morgan fingerprint density at radius 1 is 1.13 bits per heavy atom. The number of pyridine rings is 1. The molecule has 4 heterocycles. The van der Waals surface area contributed by atoms with E-state index in [9.17, 15) is 18.4 Å². The largest absolute Gasteiger partial charge is 0.356 e. The number of benzene rings is 1. The molecule has 4 aromatic heterocycles. The Bertz CT molecular complexity index is 1530. The van der Waals surface area contributed by atoms with Crippen molar-refractivity contribution in [3.63, 3.8) is 0 Å². The summed E-state index contributed by atoms with van der Waals surface area (Å²) in [6.45, 7) is 2.07. The summed E-state index contributed by atoms with van der Waals surface area (Å²) < 4.78 is 31.2. The molecule has 0 fully saturated rings. The van der Waals surface area contributed by atoms with Gasteiger partial charge in [0.2, 0.25) is 5.78 Å². The quantitative estimate of drug-likeness (QED) is 0.453. The van der Waals surface area contributed by atoms with Gasteiger partial charge in [-0.25, -0.2) is 18.3 Å². The van der Waals surface area contributed by atoms with E-state index >= 15 is 0 Å². The normalized spacial score (nSPS) is 11.5. The van der Waals surface area contributed by atoms with Gasteiger partial charge in [-0.1, -0.05) is 6.07 Å². The Morgan fingerprint density at radius 2 is 1.90 bits per heavy atom. The van der Waals surface area contributed by atoms with Gasteiger partial charge in [-0.3, -0.25) is 9.59 Å². The topological polar surface area (TPSA) is 85.0 Å². The van der Waals surface area contributed by atoms with E-state index in [-0.39, 0.29) is 23.2 Å². The zero-order valence-corrected chi connectivity index (χ0v) is 16.3. The van der Waals surface area contributed by atoms with Gasteiger partial charge in [-0.15, -0.1) is 0 Å². The van der Waals surface area contributed by atoms with Crippen molar-refractivity contribution in [3.8, 4) is 0 Å². The first-order chi connectivity index (χ1) is 14.9. The SMILES string of the molecule is Cc1ccc2nc(Cn3ccc4c(C(=O)c5c(F)cccc5F)c[nH]c4c3=O)cn2n1. The molecule has 0 spiro atoms. The number of ketones is 1. The molecule has 1 N–H and O–H groups in total. The van der Waals surface area contributed by atoms with E-state index in [4.69, 9.17) is 0 Å². The number of nitrogens with zero attached hydrogens (tertiary/aromatic N) is 4. The van der Waals surface area contributed by atoms with Crippen molar-refractivity contribution in [2.24, 2.45) is 0 Å². The van der Waals surface area contributed by atoms with Crippen LogP contribution < -0.4 is 5.56 Å². The lowest BCUT2D eigenvalue weighted by atomic mass is 10.0. The highest BCUT2D eigenvalue weighted by Crippen LogP contribution is 2.22. The average Bonchev–Trinajstić information content (AvgIpc) is 3.33. The Labute approximate surface area is 173 Å². The molecular formula is C22H15F2N5O2. The van der Waals surface area contributed by atoms with Gasteiger partial charge >= 0.3 is 0 Å². The van der Waals surface area contributed by atoms with Crippen LogP contribution in [0.3, 0.4) is 0 Å². The van der Waals surface area contributed by atoms with Crippen molar-refractivity contribution in [1.29, 1.82) is 0 Å². The van der Waals surface area contributed by atoms with Crippen LogP contribution in [0.4, 0.5) is 8.78 Å². The fraction of sp³-hybridized carbons (Fsp3) is 0.0909. The summed E-state index contributed by atoms with van der Waals surface area (Å²) in [4.78, 5) is 32.9. The van der Waals surface area contributed by atoms with Gasteiger partial charge < -0.3 is 9.55 Å². The van der Waals surface area contributed by atoms with E-state index in [1.165, 1.54) is 23.0 Å². The summed E-state index contributed by atoms with van der Waals surface area (Å²) in [5.41, 5.74) is 1.29. The average molecular weight is 419 g/mol. The maximum atomic E-state index is 14.0. The first-order valence-electron chi connectivity index (χ1n) is 9.43. The number of carbonyl (C=O) groups is 1. The number of fused-ring (bicyclic) bond motifs is 2. The minimum atomic E-state index is -0.955. The Hall–Kier alpha value is -4.14. The number of rotatable bonds is 4. The Balaban J connectivity index is 1.54. The van der Waals surface area contributed by atoms with Gasteiger partial charge in [0.15, 0.2) is 5.65 Å². The molecule has 0 amide bonds. The minimum absolute atomic E-state index is 0.0238. The van der Waals surface area contributed by atoms with Gasteiger partial charge in [0.05, 0.1) is 29.7 Å². The summed E-state index contributed by atoms with van der Waals surface area (Å²) in [6.07, 6.45) is 4.56. The van der Waals surface area contributed by atoms with Crippen LogP contribution in [0, 0.1) is 18.6 Å². The van der Waals surface area contributed by atoms with Crippen molar-refractivity contribution in [1.82, 2.24) is 24.1 Å². The summed E-state index contributed by atoms with van der Waals surface area (Å²) in [5.74, 6) is -2.74. The highest BCUT2D eigenvalue weighted by atomic mass is 19.1. The standard InChI is InChI=1S/C22H15F2N5O2/c1-12-5-6-18-26-13(11-29(18)27-12)10-28-8-7-14-15(9-25-20(14)22(28)31)21(30)19-16(23)3-2-4-17(19)24/h2-9,11,25H,10H2,1H3. The lowest BCUT2D eigenvalue weighted by Gasteiger charge is -2.05. The van der Waals surface area contributed by atoms with Crippen molar-refractivity contribution in [2.75, 3.05) is 0 Å². The van der Waals surface area contributed by atoms with Crippen molar-refractivity contribution < 1.29 is 13.6 Å². The van der Waals surface area contributed by atoms with Crippen LogP contribution in [0.5, 0.6) is 0 Å². The Kier molecular flexibility index (Phi) is 4.25. The number of imidazole rings is 1. The molecule has 0 aliphatic rings. The van der Waals surface area contributed by atoms with Crippen molar-refractivity contribution >= 4 is 22.3 Å². The zero-order chi connectivity index (χ0) is 21.7. The predicted octanol–water partition coefficient (Wildman–Crippen LogP) is 3.24. The van der Waals surface area contributed by atoms with E-state index in [1.54, 1.807) is 16.8 Å². The van der Waals surface area contributed by atoms with E-state index in [1.807, 2.05) is 19.1 Å². The molecule has 0 unspecified atom stereocenters. The molecule has 1 aromatic carbocycles. The molecule has 0 saturated carbocycles. The molecule has 0 radical (unpaired) electrons. The lowest BCUT2D eigenvalue weighted by molar-refractivity contribution is 0.103. The molecular weight excluding hydrogens is 404 g/mol. The van der Waals surface area contributed by atoms with Crippen LogP contribution in [0.25, 0.3) is 16.6 Å². The summed E-state index contributed by atoms with van der Waals surface area (Å²) in [6, 6.07) is 8.47. The number of hydrogen-bond acceptors (Lipinski definition) is 4. The molecule has 9 heteroatoms. The summed E-state index contributed by atoms with van der Waals surface area (Å²) in [7, 11) is 0. The second kappa shape index (κ2) is 6.98. The van der Waals surface area contributed by atoms with E-state index < -0.39 is 23.0 Å². The third kappa shape index (κ3) is 3.10. The number of halogens is 2. The molecule has 5 aromatic rings. The summed E-state index contributed by atoms with van der Waals surface area (Å²) >= 11 is 0. The van der Waals surface area contributed by atoms with E-state index in [2.05, 4.69) is 15.1 Å². The molecule has 7 nitrogen and oxygen atoms in total. The van der Waals surface area contributed by atoms with Gasteiger partial charge in [0, 0.05) is 23.3 Å². The Morgan fingerprint density at radius 3 is 2.68 bits per heavy atom. The number of nitrogens with one attached hydrogen (secondary N) is 1. The number of carbonyl (C=O) groups excluding carboxylic acids is 1.